The second kappa shape index (κ2) is 4.31. The minimum Gasteiger partial charge on any atom is -0.424 e. The molecular weight excluding hydrogens is 192 g/mol. The van der Waals surface area contributed by atoms with Crippen LogP contribution in [0, 0.1) is 0 Å². The van der Waals surface area contributed by atoms with E-state index in [1.807, 2.05) is 31.2 Å². The van der Waals surface area contributed by atoms with Gasteiger partial charge in [0.1, 0.15) is 5.52 Å². The van der Waals surface area contributed by atoms with Crippen LogP contribution in [0.2, 0.25) is 0 Å². The van der Waals surface area contributed by atoms with E-state index in [-0.39, 0.29) is 6.10 Å². The number of nitrogens with zero attached hydrogens (tertiary/aromatic N) is 1. The number of nitrogens with one attached hydrogen (secondary N) is 1. The van der Waals surface area contributed by atoms with Crippen molar-refractivity contribution < 1.29 is 9.15 Å². The van der Waals surface area contributed by atoms with Gasteiger partial charge in [-0.1, -0.05) is 12.1 Å². The van der Waals surface area contributed by atoms with Gasteiger partial charge < -0.3 is 14.5 Å². The minimum absolute atomic E-state index is 0.139. The number of anilines is 1. The van der Waals surface area contributed by atoms with Gasteiger partial charge in [0.05, 0.1) is 6.10 Å². The molecule has 1 aromatic heterocycles. The van der Waals surface area contributed by atoms with E-state index in [1.165, 1.54) is 0 Å². The monoisotopic (exact) mass is 206 g/mol. The Bertz CT molecular complexity index is 406. The van der Waals surface area contributed by atoms with E-state index in [9.17, 15) is 0 Å². The number of fused-ring (bicyclic) bond motifs is 1. The summed E-state index contributed by atoms with van der Waals surface area (Å²) in [7, 11) is 1.68. The Morgan fingerprint density at radius 3 is 3.00 bits per heavy atom. The summed E-state index contributed by atoms with van der Waals surface area (Å²) >= 11 is 0. The number of aromatic nitrogens is 1. The van der Waals surface area contributed by atoms with Crippen molar-refractivity contribution in [3.63, 3.8) is 0 Å². The Morgan fingerprint density at radius 2 is 2.27 bits per heavy atom. The highest BCUT2D eigenvalue weighted by molar-refractivity contribution is 5.74. The molecule has 1 aromatic carbocycles. The Morgan fingerprint density at radius 1 is 1.47 bits per heavy atom. The number of hydrogen-bond donors (Lipinski definition) is 1. The van der Waals surface area contributed by atoms with Crippen LogP contribution in [0.4, 0.5) is 6.01 Å². The van der Waals surface area contributed by atoms with Crippen LogP contribution < -0.4 is 5.32 Å². The number of ether oxygens (including phenoxy) is 1. The maximum absolute atomic E-state index is 5.49. The molecule has 1 N–H and O–H groups in total. The van der Waals surface area contributed by atoms with Crippen molar-refractivity contribution in [2.45, 2.75) is 13.0 Å². The summed E-state index contributed by atoms with van der Waals surface area (Å²) in [5.74, 6) is 0. The van der Waals surface area contributed by atoms with Gasteiger partial charge >= 0.3 is 0 Å². The van der Waals surface area contributed by atoms with Gasteiger partial charge in [-0.05, 0) is 19.1 Å². The molecule has 0 radical (unpaired) electrons. The van der Waals surface area contributed by atoms with Gasteiger partial charge in [0.15, 0.2) is 5.58 Å². The van der Waals surface area contributed by atoms with E-state index in [4.69, 9.17) is 9.15 Å². The van der Waals surface area contributed by atoms with Crippen molar-refractivity contribution in [3.8, 4) is 0 Å². The first-order valence-electron chi connectivity index (χ1n) is 4.92. The highest BCUT2D eigenvalue weighted by Gasteiger charge is 2.05. The summed E-state index contributed by atoms with van der Waals surface area (Å²) in [6.45, 7) is 2.67. The molecule has 4 nitrogen and oxygen atoms in total. The second-order valence-corrected chi connectivity index (χ2v) is 3.41. The van der Waals surface area contributed by atoms with Crippen LogP contribution in [0.3, 0.4) is 0 Å². The molecular formula is C11H14N2O2. The summed E-state index contributed by atoms with van der Waals surface area (Å²) in [5.41, 5.74) is 1.66. The van der Waals surface area contributed by atoms with E-state index >= 15 is 0 Å². The van der Waals surface area contributed by atoms with E-state index in [1.54, 1.807) is 7.11 Å². The Labute approximate surface area is 88.3 Å². The van der Waals surface area contributed by atoms with Crippen LogP contribution in [-0.4, -0.2) is 24.7 Å². The lowest BCUT2D eigenvalue weighted by Gasteiger charge is -2.08. The smallest absolute Gasteiger partial charge is 0.295 e. The maximum atomic E-state index is 5.49. The van der Waals surface area contributed by atoms with Crippen molar-refractivity contribution in [3.05, 3.63) is 24.3 Å². The maximum Gasteiger partial charge on any atom is 0.295 e. The molecule has 1 atom stereocenters. The molecule has 4 heteroatoms. The topological polar surface area (TPSA) is 47.3 Å². The molecule has 2 rings (SSSR count). The molecule has 1 heterocycles. The van der Waals surface area contributed by atoms with E-state index in [0.717, 1.165) is 11.1 Å². The largest absolute Gasteiger partial charge is 0.424 e. The molecule has 15 heavy (non-hydrogen) atoms. The summed E-state index contributed by atoms with van der Waals surface area (Å²) < 4.78 is 10.6. The first-order valence-corrected chi connectivity index (χ1v) is 4.92. The first kappa shape index (κ1) is 9.98. The van der Waals surface area contributed by atoms with Crippen LogP contribution in [0.15, 0.2) is 28.7 Å². The normalized spacial score (nSPS) is 12.9. The average Bonchev–Trinajstić information content (AvgIpc) is 2.68. The van der Waals surface area contributed by atoms with Crippen molar-refractivity contribution in [1.29, 1.82) is 0 Å². The van der Waals surface area contributed by atoms with Crippen molar-refractivity contribution >= 4 is 17.1 Å². The van der Waals surface area contributed by atoms with Gasteiger partial charge in [-0.2, -0.15) is 4.98 Å². The van der Waals surface area contributed by atoms with Crippen LogP contribution in [0.25, 0.3) is 11.1 Å². The molecule has 0 saturated carbocycles. The van der Waals surface area contributed by atoms with Crippen LogP contribution >= 0.6 is 0 Å². The zero-order valence-electron chi connectivity index (χ0n) is 8.86. The highest BCUT2D eigenvalue weighted by Crippen LogP contribution is 2.17. The summed E-state index contributed by atoms with van der Waals surface area (Å²) in [4.78, 5) is 4.29. The van der Waals surface area contributed by atoms with E-state index in [0.29, 0.717) is 12.6 Å². The predicted molar refractivity (Wildman–Crippen MR) is 59.0 cm³/mol. The molecule has 0 bridgehead atoms. The van der Waals surface area contributed by atoms with Gasteiger partial charge in [0.25, 0.3) is 6.01 Å². The molecule has 0 aliphatic rings. The number of oxazole rings is 1. The van der Waals surface area contributed by atoms with Gasteiger partial charge in [0, 0.05) is 13.7 Å². The minimum atomic E-state index is 0.139. The van der Waals surface area contributed by atoms with Crippen LogP contribution in [-0.2, 0) is 4.74 Å². The molecule has 0 saturated heterocycles. The fourth-order valence-corrected chi connectivity index (χ4v) is 1.26. The number of hydrogen-bond acceptors (Lipinski definition) is 4. The van der Waals surface area contributed by atoms with E-state index in [2.05, 4.69) is 10.3 Å². The number of benzene rings is 1. The Hall–Kier alpha value is -1.55. The van der Waals surface area contributed by atoms with Gasteiger partial charge in [-0.25, -0.2) is 0 Å². The lowest BCUT2D eigenvalue weighted by Crippen LogP contribution is -2.18. The fourth-order valence-electron chi connectivity index (χ4n) is 1.26. The highest BCUT2D eigenvalue weighted by atomic mass is 16.5. The lowest BCUT2D eigenvalue weighted by molar-refractivity contribution is 0.128. The van der Waals surface area contributed by atoms with Gasteiger partial charge in [-0.15, -0.1) is 0 Å². The van der Waals surface area contributed by atoms with Gasteiger partial charge in [0.2, 0.25) is 0 Å². The molecule has 1 unspecified atom stereocenters. The SMILES string of the molecule is COC(C)CNc1nc2ccccc2o1. The third-order valence-electron chi connectivity index (χ3n) is 2.24. The average molecular weight is 206 g/mol. The molecule has 0 fully saturated rings. The summed E-state index contributed by atoms with van der Waals surface area (Å²) in [6.07, 6.45) is 0.139. The Balaban J connectivity index is 2.09. The zero-order valence-corrected chi connectivity index (χ0v) is 8.86. The predicted octanol–water partition coefficient (Wildman–Crippen LogP) is 2.27. The van der Waals surface area contributed by atoms with Crippen molar-refractivity contribution in [2.75, 3.05) is 19.0 Å². The molecule has 0 aliphatic heterocycles. The molecule has 0 amide bonds. The summed E-state index contributed by atoms with van der Waals surface area (Å²) in [5, 5.41) is 3.08. The second-order valence-electron chi connectivity index (χ2n) is 3.41. The quantitative estimate of drug-likeness (QED) is 0.833. The third-order valence-corrected chi connectivity index (χ3v) is 2.24. The third kappa shape index (κ3) is 2.27. The Kier molecular flexibility index (Phi) is 2.87. The summed E-state index contributed by atoms with van der Waals surface area (Å²) in [6, 6.07) is 8.22. The zero-order chi connectivity index (χ0) is 10.7. The molecule has 80 valence electrons. The molecule has 0 spiro atoms. The van der Waals surface area contributed by atoms with E-state index < -0.39 is 0 Å². The van der Waals surface area contributed by atoms with Crippen molar-refractivity contribution in [2.24, 2.45) is 0 Å². The van der Waals surface area contributed by atoms with Crippen LogP contribution in [0.1, 0.15) is 6.92 Å². The van der Waals surface area contributed by atoms with Crippen molar-refractivity contribution in [1.82, 2.24) is 4.98 Å². The number of methoxy groups -OCH3 is 1. The molecule has 2 aromatic rings. The molecule has 0 aliphatic carbocycles. The van der Waals surface area contributed by atoms with Crippen LogP contribution in [0.5, 0.6) is 0 Å². The lowest BCUT2D eigenvalue weighted by atomic mass is 10.3. The fraction of sp³-hybridized carbons (Fsp3) is 0.364. The van der Waals surface area contributed by atoms with Gasteiger partial charge in [-0.3, -0.25) is 0 Å². The number of para-hydroxylation sites is 2. The first-order chi connectivity index (χ1) is 7.29. The number of rotatable bonds is 4. The standard InChI is InChI=1S/C11H14N2O2/c1-8(14-2)7-12-11-13-9-5-3-4-6-10(9)15-11/h3-6,8H,7H2,1-2H3,(H,12,13).